The lowest BCUT2D eigenvalue weighted by atomic mass is 9.76. The fourth-order valence-electron chi connectivity index (χ4n) is 11.7. The summed E-state index contributed by atoms with van der Waals surface area (Å²) in [6, 6.07) is 68.7. The molecule has 0 amide bonds. The number of hydrogen-bond donors (Lipinski definition) is 0. The molecule has 3 aliphatic rings. The Morgan fingerprint density at radius 1 is 0.450 bits per heavy atom. The van der Waals surface area contributed by atoms with E-state index in [-0.39, 0.29) is 5.41 Å². The molecule has 0 radical (unpaired) electrons. The minimum Gasteiger partial charge on any atom is -0.310 e. The molecule has 1 aliphatic heterocycles. The first-order valence-electron chi connectivity index (χ1n) is 21.4. The topological polar surface area (TPSA) is 8.17 Å². The van der Waals surface area contributed by atoms with E-state index in [1.165, 1.54) is 118 Å². The zero-order chi connectivity index (χ0) is 39.1. The van der Waals surface area contributed by atoms with Crippen LogP contribution in [-0.2, 0) is 5.41 Å². The molecule has 3 heterocycles. The first-order valence-corrected chi connectivity index (χ1v) is 22.2. The lowest BCUT2D eigenvalue weighted by Gasteiger charge is -2.27. The van der Waals surface area contributed by atoms with Crippen molar-refractivity contribution in [3.05, 3.63) is 193 Å². The van der Waals surface area contributed by atoms with Crippen LogP contribution in [0, 0.1) is 0 Å². The number of nitrogens with zero attached hydrogens (tertiary/aromatic N) is 2. The number of fused-ring (bicyclic) bond motifs is 12. The highest BCUT2D eigenvalue weighted by atomic mass is 32.1. The molecule has 0 N–H and O–H groups in total. The molecule has 60 heavy (non-hydrogen) atoms. The average molecular weight is 783 g/mol. The summed E-state index contributed by atoms with van der Waals surface area (Å²) >= 11 is 1.86. The number of aromatic nitrogens is 1. The van der Waals surface area contributed by atoms with Crippen molar-refractivity contribution < 1.29 is 0 Å². The lowest BCUT2D eigenvalue weighted by Crippen LogP contribution is -2.20. The fourth-order valence-corrected chi connectivity index (χ4v) is 12.8. The summed E-state index contributed by atoms with van der Waals surface area (Å²) in [6.45, 7) is 0. The van der Waals surface area contributed by atoms with Crippen LogP contribution in [0.1, 0.15) is 36.8 Å². The van der Waals surface area contributed by atoms with Gasteiger partial charge in [-0.05, 0) is 118 Å². The lowest BCUT2D eigenvalue weighted by molar-refractivity contribution is 0.550. The zero-order valence-corrected chi connectivity index (χ0v) is 33.8. The van der Waals surface area contributed by atoms with Crippen LogP contribution < -0.4 is 4.90 Å². The summed E-state index contributed by atoms with van der Waals surface area (Å²) < 4.78 is 5.26. The number of hydrogen-bond acceptors (Lipinski definition) is 2. The van der Waals surface area contributed by atoms with Gasteiger partial charge in [-0.25, -0.2) is 0 Å². The van der Waals surface area contributed by atoms with Crippen molar-refractivity contribution in [1.29, 1.82) is 0 Å². The van der Waals surface area contributed by atoms with Crippen LogP contribution in [0.15, 0.2) is 182 Å². The Bertz CT molecular complexity index is 3620. The van der Waals surface area contributed by atoms with Gasteiger partial charge in [-0.2, -0.15) is 0 Å². The average Bonchev–Trinajstić information content (AvgIpc) is 4.07. The molecule has 11 aromatic rings. The van der Waals surface area contributed by atoms with Crippen LogP contribution in [0.5, 0.6) is 0 Å². The Hall–Kier alpha value is -6.94. The second-order valence-electron chi connectivity index (χ2n) is 17.1. The maximum Gasteiger partial charge on any atom is 0.0623 e. The van der Waals surface area contributed by atoms with E-state index in [1.807, 2.05) is 11.3 Å². The molecule has 0 unspecified atom stereocenters. The molecule has 0 saturated heterocycles. The fraction of sp³-hybridized carbons (Fsp3) is 0.0877. The Balaban J connectivity index is 0.963. The summed E-state index contributed by atoms with van der Waals surface area (Å²) in [4.78, 5) is 2.40. The van der Waals surface area contributed by atoms with Gasteiger partial charge in [0.25, 0.3) is 0 Å². The van der Waals surface area contributed by atoms with Gasteiger partial charge >= 0.3 is 0 Å². The van der Waals surface area contributed by atoms with E-state index in [1.54, 1.807) is 11.1 Å². The second-order valence-corrected chi connectivity index (χ2v) is 18.2. The molecular formula is C57H38N2S. The predicted molar refractivity (Wildman–Crippen MR) is 255 cm³/mol. The number of rotatable bonds is 4. The molecule has 282 valence electrons. The maximum atomic E-state index is 2.62. The van der Waals surface area contributed by atoms with Crippen LogP contribution >= 0.6 is 11.3 Å². The minimum atomic E-state index is 0.122. The second kappa shape index (κ2) is 12.1. The van der Waals surface area contributed by atoms with Gasteiger partial charge in [0.1, 0.15) is 0 Å². The standard InChI is InChI=1S/C57H38N2S/c1-2-13-37(14-3-1)58(39-24-29-53-47(34-39)44-16-5-7-21-52(44)60-53)38-23-26-41-35(32-38)12-10-17-40(41)36-22-25-43-45-18-11-19-48-54(45)55-49(57(48)30-8-9-31-57)28-27-46-42-15-4-6-20-50(42)59(56(46)55)51(43)33-36/h1-7,10-29,32-34H,8-9,30-31H2. The van der Waals surface area contributed by atoms with Crippen LogP contribution in [0.2, 0.25) is 0 Å². The molecule has 1 spiro atoms. The molecule has 0 bridgehead atoms. The number of thiophene rings is 1. The van der Waals surface area contributed by atoms with Gasteiger partial charge in [0.05, 0.1) is 16.7 Å². The van der Waals surface area contributed by atoms with Gasteiger partial charge in [0, 0.05) is 64.5 Å². The highest BCUT2D eigenvalue weighted by Crippen LogP contribution is 2.62. The first kappa shape index (κ1) is 33.0. The summed E-state index contributed by atoms with van der Waals surface area (Å²) in [7, 11) is 0. The van der Waals surface area contributed by atoms with E-state index in [9.17, 15) is 0 Å². The summed E-state index contributed by atoms with van der Waals surface area (Å²) in [5.74, 6) is 0. The van der Waals surface area contributed by atoms with Gasteiger partial charge in [0.2, 0.25) is 0 Å². The molecular weight excluding hydrogens is 745 g/mol. The number of benzene rings is 9. The highest BCUT2D eigenvalue weighted by molar-refractivity contribution is 7.25. The summed E-state index contributed by atoms with van der Waals surface area (Å²) in [6.07, 6.45) is 5.06. The van der Waals surface area contributed by atoms with E-state index in [2.05, 4.69) is 191 Å². The third-order valence-corrected chi connectivity index (χ3v) is 15.4. The molecule has 1 saturated carbocycles. The smallest absolute Gasteiger partial charge is 0.0623 e. The quantitative estimate of drug-likeness (QED) is 0.173. The van der Waals surface area contributed by atoms with Crippen LogP contribution in [0.25, 0.3) is 91.8 Å². The van der Waals surface area contributed by atoms with Gasteiger partial charge in [-0.1, -0.05) is 134 Å². The number of para-hydroxylation sites is 2. The summed E-state index contributed by atoms with van der Waals surface area (Å²) in [5.41, 5.74) is 18.7. The van der Waals surface area contributed by atoms with Crippen molar-refractivity contribution >= 4 is 81.1 Å². The third kappa shape index (κ3) is 4.32. The van der Waals surface area contributed by atoms with E-state index in [0.29, 0.717) is 0 Å². The van der Waals surface area contributed by atoms with Gasteiger partial charge < -0.3 is 9.47 Å². The van der Waals surface area contributed by atoms with E-state index >= 15 is 0 Å². The van der Waals surface area contributed by atoms with Gasteiger partial charge in [-0.3, -0.25) is 0 Å². The molecule has 1 fully saturated rings. The van der Waals surface area contributed by atoms with Crippen molar-refractivity contribution in [1.82, 2.24) is 4.57 Å². The van der Waals surface area contributed by atoms with Crippen molar-refractivity contribution in [2.45, 2.75) is 31.1 Å². The van der Waals surface area contributed by atoms with E-state index in [0.717, 1.165) is 17.1 Å². The van der Waals surface area contributed by atoms with E-state index < -0.39 is 0 Å². The molecule has 2 nitrogen and oxygen atoms in total. The normalized spacial score (nSPS) is 14.5. The van der Waals surface area contributed by atoms with Crippen molar-refractivity contribution in [3.63, 3.8) is 0 Å². The SMILES string of the molecule is c1ccc(N(c2ccc3c(-c4ccc5c(c4)-n4c6ccccc6c6ccc7c(c64)-c4c-5cccc4C74CCCC4)cccc3c2)c2ccc3sc4ccccc4c3c2)cc1. The Morgan fingerprint density at radius 3 is 2.10 bits per heavy atom. The Labute approximate surface area is 352 Å². The van der Waals surface area contributed by atoms with Crippen LogP contribution in [0.4, 0.5) is 17.1 Å². The van der Waals surface area contributed by atoms with E-state index in [4.69, 9.17) is 0 Å². The predicted octanol–water partition coefficient (Wildman–Crippen LogP) is 16.3. The van der Waals surface area contributed by atoms with Crippen molar-refractivity contribution in [3.8, 4) is 39.1 Å². The Kier molecular flexibility index (Phi) is 6.63. The van der Waals surface area contributed by atoms with Gasteiger partial charge in [-0.15, -0.1) is 11.3 Å². The summed E-state index contributed by atoms with van der Waals surface area (Å²) in [5, 5.41) is 7.76. The molecule has 3 heteroatoms. The Morgan fingerprint density at radius 2 is 1.18 bits per heavy atom. The monoisotopic (exact) mass is 782 g/mol. The van der Waals surface area contributed by atoms with Crippen LogP contribution in [-0.4, -0.2) is 4.57 Å². The highest BCUT2D eigenvalue weighted by Gasteiger charge is 2.47. The van der Waals surface area contributed by atoms with Gasteiger partial charge in [0.15, 0.2) is 0 Å². The first-order chi connectivity index (χ1) is 29.7. The zero-order valence-electron chi connectivity index (χ0n) is 33.0. The third-order valence-electron chi connectivity index (χ3n) is 14.2. The van der Waals surface area contributed by atoms with Crippen LogP contribution in [0.3, 0.4) is 0 Å². The van der Waals surface area contributed by atoms with Crippen molar-refractivity contribution in [2.75, 3.05) is 4.90 Å². The largest absolute Gasteiger partial charge is 0.310 e. The minimum absolute atomic E-state index is 0.122. The number of anilines is 3. The molecule has 2 aromatic heterocycles. The molecule has 14 rings (SSSR count). The molecule has 0 atom stereocenters. The van der Waals surface area contributed by atoms with Crippen molar-refractivity contribution in [2.24, 2.45) is 0 Å². The maximum absolute atomic E-state index is 2.62. The molecule has 2 aliphatic carbocycles. The molecule has 9 aromatic carbocycles.